The van der Waals surface area contributed by atoms with Crippen molar-refractivity contribution in [3.05, 3.63) is 63.6 Å². The fourth-order valence-corrected chi connectivity index (χ4v) is 6.19. The highest BCUT2D eigenvalue weighted by Crippen LogP contribution is 2.25. The third-order valence-electron chi connectivity index (χ3n) is 6.87. The van der Waals surface area contributed by atoms with Gasteiger partial charge in [-0.1, -0.05) is 61.2 Å². The van der Waals surface area contributed by atoms with E-state index in [1.807, 2.05) is 26.0 Å². The SMILES string of the molecule is CC[C@@H](C(=O)NC1CCCC1)N(Cc1ccc(Cl)c(Cl)c1)C(=O)CCCN(c1cccc(C)c1)S(C)(=O)=O. The first kappa shape index (κ1) is 30.3. The number of hydrogen-bond acceptors (Lipinski definition) is 4. The predicted molar refractivity (Wildman–Crippen MR) is 154 cm³/mol. The molecule has 3 rings (SSSR count). The van der Waals surface area contributed by atoms with Gasteiger partial charge in [-0.25, -0.2) is 8.42 Å². The van der Waals surface area contributed by atoms with Gasteiger partial charge in [-0.3, -0.25) is 13.9 Å². The van der Waals surface area contributed by atoms with E-state index in [9.17, 15) is 18.0 Å². The Morgan fingerprint density at radius 3 is 2.39 bits per heavy atom. The number of benzene rings is 2. The molecule has 2 aromatic carbocycles. The van der Waals surface area contributed by atoms with E-state index in [1.165, 1.54) is 4.31 Å². The van der Waals surface area contributed by atoms with Crippen molar-refractivity contribution in [3.63, 3.8) is 0 Å². The highest BCUT2D eigenvalue weighted by Gasteiger charge is 2.31. The van der Waals surface area contributed by atoms with Crippen molar-refractivity contribution in [1.29, 1.82) is 0 Å². The topological polar surface area (TPSA) is 86.8 Å². The van der Waals surface area contributed by atoms with E-state index in [-0.39, 0.29) is 37.4 Å². The molecule has 0 saturated heterocycles. The zero-order chi connectivity index (χ0) is 27.9. The Bertz CT molecular complexity index is 1230. The number of halogens is 2. The number of hydrogen-bond donors (Lipinski definition) is 1. The molecule has 10 heteroatoms. The molecule has 7 nitrogen and oxygen atoms in total. The van der Waals surface area contributed by atoms with Gasteiger partial charge in [0.2, 0.25) is 21.8 Å². The van der Waals surface area contributed by atoms with Crippen molar-refractivity contribution in [2.75, 3.05) is 17.1 Å². The Morgan fingerprint density at radius 2 is 1.79 bits per heavy atom. The molecule has 1 atom stereocenters. The highest BCUT2D eigenvalue weighted by molar-refractivity contribution is 7.92. The van der Waals surface area contributed by atoms with Gasteiger partial charge in [0.15, 0.2) is 0 Å². The fourth-order valence-electron chi connectivity index (χ4n) is 4.91. The minimum atomic E-state index is -3.54. The first-order chi connectivity index (χ1) is 18.0. The molecular weight excluding hydrogens is 545 g/mol. The van der Waals surface area contributed by atoms with Crippen LogP contribution in [-0.4, -0.2) is 50.0 Å². The summed E-state index contributed by atoms with van der Waals surface area (Å²) in [5.74, 6) is -0.382. The molecule has 1 aliphatic carbocycles. The number of amides is 2. The lowest BCUT2D eigenvalue weighted by molar-refractivity contribution is -0.141. The molecule has 0 aliphatic heterocycles. The van der Waals surface area contributed by atoms with Crippen LogP contribution in [0.1, 0.15) is 63.0 Å². The Hall–Kier alpha value is -2.29. The highest BCUT2D eigenvalue weighted by atomic mass is 35.5. The molecule has 0 bridgehead atoms. The molecule has 2 amide bonds. The summed E-state index contributed by atoms with van der Waals surface area (Å²) in [5, 5.41) is 3.92. The molecule has 1 saturated carbocycles. The summed E-state index contributed by atoms with van der Waals surface area (Å²) in [6.07, 6.45) is 6.08. The second kappa shape index (κ2) is 13.7. The molecule has 0 spiro atoms. The van der Waals surface area contributed by atoms with Crippen LogP contribution >= 0.6 is 23.2 Å². The maximum atomic E-state index is 13.6. The summed E-state index contributed by atoms with van der Waals surface area (Å²) in [7, 11) is -3.54. The van der Waals surface area contributed by atoms with E-state index < -0.39 is 16.1 Å². The first-order valence-corrected chi connectivity index (χ1v) is 15.7. The van der Waals surface area contributed by atoms with Gasteiger partial charge in [-0.05, 0) is 68.0 Å². The van der Waals surface area contributed by atoms with Crippen molar-refractivity contribution in [2.24, 2.45) is 0 Å². The smallest absolute Gasteiger partial charge is 0.243 e. The van der Waals surface area contributed by atoms with Crippen molar-refractivity contribution in [3.8, 4) is 0 Å². The monoisotopic (exact) mass is 581 g/mol. The number of anilines is 1. The van der Waals surface area contributed by atoms with Gasteiger partial charge in [0, 0.05) is 25.6 Å². The Morgan fingerprint density at radius 1 is 1.08 bits per heavy atom. The first-order valence-electron chi connectivity index (χ1n) is 13.1. The van der Waals surface area contributed by atoms with Crippen LogP contribution in [0.2, 0.25) is 10.0 Å². The van der Waals surface area contributed by atoms with Crippen LogP contribution in [0, 0.1) is 6.92 Å². The van der Waals surface area contributed by atoms with Crippen LogP contribution in [0.25, 0.3) is 0 Å². The van der Waals surface area contributed by atoms with Crippen LogP contribution in [-0.2, 0) is 26.2 Å². The number of aryl methyl sites for hydroxylation is 1. The average Bonchev–Trinajstić information content (AvgIpc) is 3.36. The standard InChI is InChI=1S/C28H37Cl2N3O4S/c1-4-26(28(35)31-22-10-5-6-11-22)32(19-21-14-15-24(29)25(30)18-21)27(34)13-8-16-33(38(3,36)37)23-12-7-9-20(2)17-23/h7,9,12,14-15,17-18,22,26H,4-6,8,10-11,13,16,19H2,1-3H3,(H,31,35)/t26-/m0/s1. The summed E-state index contributed by atoms with van der Waals surface area (Å²) >= 11 is 12.3. The third-order valence-corrected chi connectivity index (χ3v) is 8.80. The fraction of sp³-hybridized carbons (Fsp3) is 0.500. The quantitative estimate of drug-likeness (QED) is 0.347. The Labute approximate surface area is 236 Å². The summed E-state index contributed by atoms with van der Waals surface area (Å²) in [6, 6.07) is 11.9. The number of sulfonamides is 1. The molecule has 1 N–H and O–H groups in total. The second-order valence-electron chi connectivity index (χ2n) is 9.96. The van der Waals surface area contributed by atoms with E-state index in [0.717, 1.165) is 43.1 Å². The van der Waals surface area contributed by atoms with Gasteiger partial charge in [-0.2, -0.15) is 0 Å². The van der Waals surface area contributed by atoms with E-state index >= 15 is 0 Å². The van der Waals surface area contributed by atoms with E-state index in [0.29, 0.717) is 28.6 Å². The molecule has 0 heterocycles. The molecule has 0 aromatic heterocycles. The van der Waals surface area contributed by atoms with E-state index in [4.69, 9.17) is 23.2 Å². The van der Waals surface area contributed by atoms with E-state index in [1.54, 1.807) is 35.2 Å². The maximum Gasteiger partial charge on any atom is 0.243 e. The molecule has 0 unspecified atom stereocenters. The second-order valence-corrected chi connectivity index (χ2v) is 12.7. The zero-order valence-corrected chi connectivity index (χ0v) is 24.6. The summed E-state index contributed by atoms with van der Waals surface area (Å²) in [4.78, 5) is 28.4. The van der Waals surface area contributed by atoms with Crippen molar-refractivity contribution < 1.29 is 18.0 Å². The van der Waals surface area contributed by atoms with Crippen LogP contribution in [0.4, 0.5) is 5.69 Å². The molecule has 38 heavy (non-hydrogen) atoms. The molecule has 0 radical (unpaired) electrons. The lowest BCUT2D eigenvalue weighted by Gasteiger charge is -2.32. The number of nitrogens with zero attached hydrogens (tertiary/aromatic N) is 2. The number of carbonyl (C=O) groups is 2. The van der Waals surface area contributed by atoms with Gasteiger partial charge in [0.1, 0.15) is 6.04 Å². The van der Waals surface area contributed by atoms with E-state index in [2.05, 4.69) is 5.32 Å². The summed E-state index contributed by atoms with van der Waals surface area (Å²) < 4.78 is 26.4. The van der Waals surface area contributed by atoms with Crippen LogP contribution in [0.5, 0.6) is 0 Å². The molecule has 208 valence electrons. The lowest BCUT2D eigenvalue weighted by atomic mass is 10.1. The normalized spacial score (nSPS) is 14.8. The van der Waals surface area contributed by atoms with Crippen LogP contribution in [0.3, 0.4) is 0 Å². The van der Waals surface area contributed by atoms with Crippen LogP contribution in [0.15, 0.2) is 42.5 Å². The van der Waals surface area contributed by atoms with Crippen molar-refractivity contribution in [2.45, 2.75) is 77.4 Å². The van der Waals surface area contributed by atoms with Gasteiger partial charge >= 0.3 is 0 Å². The predicted octanol–water partition coefficient (Wildman–Crippen LogP) is 5.71. The minimum absolute atomic E-state index is 0.0896. The van der Waals surface area contributed by atoms with Crippen molar-refractivity contribution in [1.82, 2.24) is 10.2 Å². The summed E-state index contributed by atoms with van der Waals surface area (Å²) in [5.41, 5.74) is 2.27. The molecule has 2 aromatic rings. The van der Waals surface area contributed by atoms with Crippen molar-refractivity contribution >= 4 is 50.7 Å². The minimum Gasteiger partial charge on any atom is -0.352 e. The van der Waals surface area contributed by atoms with Gasteiger partial charge in [0.05, 0.1) is 22.0 Å². The summed E-state index contributed by atoms with van der Waals surface area (Å²) in [6.45, 7) is 4.13. The largest absolute Gasteiger partial charge is 0.352 e. The van der Waals surface area contributed by atoms with Crippen LogP contribution < -0.4 is 9.62 Å². The number of carbonyl (C=O) groups excluding carboxylic acids is 2. The van der Waals surface area contributed by atoms with Gasteiger partial charge in [0.25, 0.3) is 0 Å². The number of nitrogens with one attached hydrogen (secondary N) is 1. The maximum absolute atomic E-state index is 13.6. The number of rotatable bonds is 12. The molecular formula is C28H37Cl2N3O4S. The Kier molecular flexibility index (Phi) is 10.9. The third kappa shape index (κ3) is 8.35. The molecule has 1 fully saturated rings. The van der Waals surface area contributed by atoms with Gasteiger partial charge in [-0.15, -0.1) is 0 Å². The lowest BCUT2D eigenvalue weighted by Crippen LogP contribution is -2.51. The average molecular weight is 583 g/mol. The molecule has 1 aliphatic rings. The Balaban J connectivity index is 1.78. The zero-order valence-electron chi connectivity index (χ0n) is 22.3. The van der Waals surface area contributed by atoms with Gasteiger partial charge < -0.3 is 10.2 Å².